The van der Waals surface area contributed by atoms with Crippen molar-refractivity contribution in [3.05, 3.63) is 0 Å². The molecular weight excluding hydrogens is 378 g/mol. The summed E-state index contributed by atoms with van der Waals surface area (Å²) in [6, 6.07) is -1.10. The number of thioether (sulfide) groups is 1. The van der Waals surface area contributed by atoms with Crippen LogP contribution in [0.4, 0.5) is 0 Å². The first-order valence-corrected chi connectivity index (χ1v) is 11.2. The molecule has 3 amide bonds. The predicted molar refractivity (Wildman–Crippen MR) is 109 cm³/mol. The lowest BCUT2D eigenvalue weighted by Crippen LogP contribution is -2.56. The van der Waals surface area contributed by atoms with Crippen LogP contribution in [0.25, 0.3) is 0 Å². The van der Waals surface area contributed by atoms with E-state index in [-0.39, 0.29) is 29.1 Å². The van der Waals surface area contributed by atoms with Gasteiger partial charge >= 0.3 is 0 Å². The molecular formula is C20H33N3O4S. The Morgan fingerprint density at radius 1 is 1.32 bits per heavy atom. The highest BCUT2D eigenvalue weighted by molar-refractivity contribution is 8.02. The fourth-order valence-electron chi connectivity index (χ4n) is 5.47. The number of nitrogens with one attached hydrogen (secondary N) is 2. The monoisotopic (exact) mass is 411 g/mol. The van der Waals surface area contributed by atoms with Gasteiger partial charge < -0.3 is 20.6 Å². The Morgan fingerprint density at radius 2 is 2.04 bits per heavy atom. The zero-order valence-corrected chi connectivity index (χ0v) is 18.1. The van der Waals surface area contributed by atoms with Crippen molar-refractivity contribution in [2.75, 3.05) is 20.2 Å². The predicted octanol–water partition coefficient (Wildman–Crippen LogP) is 0.901. The Kier molecular flexibility index (Phi) is 6.01. The van der Waals surface area contributed by atoms with Gasteiger partial charge in [0.2, 0.25) is 17.7 Å². The van der Waals surface area contributed by atoms with E-state index in [1.165, 1.54) is 0 Å². The van der Waals surface area contributed by atoms with Gasteiger partial charge in [0, 0.05) is 18.3 Å². The molecule has 3 aliphatic heterocycles. The van der Waals surface area contributed by atoms with E-state index in [2.05, 4.69) is 17.6 Å². The third-order valence-corrected chi connectivity index (χ3v) is 8.80. The molecule has 0 saturated carbocycles. The number of unbranched alkanes of at least 4 members (excludes halogenated alkanes) is 2. The molecule has 3 fully saturated rings. The number of fused-ring (bicyclic) bond motifs is 1. The van der Waals surface area contributed by atoms with E-state index in [1.54, 1.807) is 30.6 Å². The van der Waals surface area contributed by atoms with Crippen molar-refractivity contribution >= 4 is 29.5 Å². The molecule has 0 aromatic rings. The van der Waals surface area contributed by atoms with Crippen LogP contribution in [-0.4, -0.2) is 69.5 Å². The van der Waals surface area contributed by atoms with Crippen LogP contribution in [0.2, 0.25) is 0 Å². The summed E-state index contributed by atoms with van der Waals surface area (Å²) >= 11 is 1.65. The molecule has 7 nitrogen and oxygen atoms in total. The number of hydrogen-bond acceptors (Lipinski definition) is 5. The van der Waals surface area contributed by atoms with Crippen molar-refractivity contribution in [3.8, 4) is 0 Å². The molecule has 158 valence electrons. The van der Waals surface area contributed by atoms with E-state index in [4.69, 9.17) is 0 Å². The number of aliphatic hydroxyl groups excluding tert-OH is 1. The van der Waals surface area contributed by atoms with Crippen LogP contribution in [-0.2, 0) is 14.4 Å². The molecule has 3 saturated heterocycles. The highest BCUT2D eigenvalue weighted by Gasteiger charge is 2.77. The third kappa shape index (κ3) is 3.03. The van der Waals surface area contributed by atoms with Crippen molar-refractivity contribution in [2.24, 2.45) is 11.8 Å². The highest BCUT2D eigenvalue weighted by Crippen LogP contribution is 2.71. The van der Waals surface area contributed by atoms with Gasteiger partial charge in [-0.15, -0.1) is 11.8 Å². The summed E-state index contributed by atoms with van der Waals surface area (Å²) in [7, 11) is 1.60. The Balaban J connectivity index is 1.96. The van der Waals surface area contributed by atoms with Crippen LogP contribution in [0.1, 0.15) is 52.9 Å². The molecule has 2 bridgehead atoms. The van der Waals surface area contributed by atoms with Gasteiger partial charge in [-0.05, 0) is 33.1 Å². The summed E-state index contributed by atoms with van der Waals surface area (Å²) in [5.74, 6) is -1.41. The number of likely N-dealkylation sites (tertiary alicyclic amines) is 1. The second-order valence-corrected chi connectivity index (χ2v) is 10.5. The Labute approximate surface area is 171 Å². The van der Waals surface area contributed by atoms with Gasteiger partial charge in [-0.2, -0.15) is 0 Å². The van der Waals surface area contributed by atoms with Crippen LogP contribution >= 0.6 is 11.8 Å². The maximum absolute atomic E-state index is 13.5. The molecule has 0 aliphatic carbocycles. The average Bonchev–Trinajstić information content (AvgIpc) is 3.24. The Bertz CT molecular complexity index is 659. The molecule has 1 spiro atoms. The van der Waals surface area contributed by atoms with E-state index < -0.39 is 28.7 Å². The maximum Gasteiger partial charge on any atom is 0.244 e. The largest absolute Gasteiger partial charge is 0.394 e. The normalized spacial score (nSPS) is 37.1. The smallest absolute Gasteiger partial charge is 0.244 e. The second-order valence-electron chi connectivity index (χ2n) is 8.62. The summed E-state index contributed by atoms with van der Waals surface area (Å²) in [4.78, 5) is 41.0. The summed E-state index contributed by atoms with van der Waals surface area (Å²) < 4.78 is -0.934. The number of nitrogens with zero attached hydrogens (tertiary/aromatic N) is 1. The van der Waals surface area contributed by atoms with Gasteiger partial charge in [-0.1, -0.05) is 19.8 Å². The van der Waals surface area contributed by atoms with E-state index in [9.17, 15) is 19.5 Å². The molecule has 3 rings (SSSR count). The number of rotatable bonds is 8. The molecule has 0 aromatic heterocycles. The zero-order valence-electron chi connectivity index (χ0n) is 17.3. The minimum Gasteiger partial charge on any atom is -0.394 e. The summed E-state index contributed by atoms with van der Waals surface area (Å²) in [6.07, 6.45) is 4.56. The van der Waals surface area contributed by atoms with Crippen molar-refractivity contribution < 1.29 is 19.5 Å². The Morgan fingerprint density at radius 3 is 2.64 bits per heavy atom. The van der Waals surface area contributed by atoms with Crippen molar-refractivity contribution in [1.29, 1.82) is 0 Å². The lowest BCUT2D eigenvalue weighted by atomic mass is 9.66. The molecule has 8 heteroatoms. The summed E-state index contributed by atoms with van der Waals surface area (Å²) in [5.41, 5.74) is 0. The lowest BCUT2D eigenvalue weighted by Gasteiger charge is -2.36. The van der Waals surface area contributed by atoms with E-state index >= 15 is 0 Å². The van der Waals surface area contributed by atoms with Crippen LogP contribution in [0, 0.1) is 11.8 Å². The first-order chi connectivity index (χ1) is 13.3. The lowest BCUT2D eigenvalue weighted by molar-refractivity contribution is -0.142. The van der Waals surface area contributed by atoms with Crippen molar-refractivity contribution in [1.82, 2.24) is 15.5 Å². The summed E-state index contributed by atoms with van der Waals surface area (Å²) in [6.45, 7) is 6.30. The van der Waals surface area contributed by atoms with Gasteiger partial charge in [0.25, 0.3) is 0 Å². The number of amides is 3. The molecule has 3 aliphatic rings. The van der Waals surface area contributed by atoms with E-state index in [0.29, 0.717) is 6.54 Å². The number of aliphatic hydroxyl groups is 1. The van der Waals surface area contributed by atoms with Gasteiger partial charge in [-0.3, -0.25) is 14.4 Å². The fourth-order valence-corrected chi connectivity index (χ4v) is 7.81. The minimum atomic E-state index is -0.643. The molecule has 6 atom stereocenters. The number of hydrogen-bond donors (Lipinski definition) is 3. The molecule has 3 N–H and O–H groups in total. The Hall–Kier alpha value is -1.28. The van der Waals surface area contributed by atoms with Crippen molar-refractivity contribution in [3.63, 3.8) is 0 Å². The third-order valence-electron chi connectivity index (χ3n) is 6.81. The highest BCUT2D eigenvalue weighted by atomic mass is 32.2. The number of carbonyl (C=O) groups excluding carboxylic acids is 3. The fraction of sp³-hybridized carbons (Fsp3) is 0.850. The van der Waals surface area contributed by atoms with Gasteiger partial charge in [0.1, 0.15) is 6.04 Å². The van der Waals surface area contributed by atoms with E-state index in [1.807, 2.05) is 6.92 Å². The molecule has 0 radical (unpaired) electrons. The van der Waals surface area contributed by atoms with E-state index in [0.717, 1.165) is 32.1 Å². The molecule has 3 heterocycles. The quantitative estimate of drug-likeness (QED) is 0.516. The maximum atomic E-state index is 13.5. The van der Waals surface area contributed by atoms with Crippen LogP contribution < -0.4 is 10.6 Å². The second kappa shape index (κ2) is 7.86. The van der Waals surface area contributed by atoms with Crippen LogP contribution in [0.5, 0.6) is 0 Å². The standard InChI is InChI=1S/C20H33N3O4S/c1-5-6-7-10-22-17(26)15-20-9-8-19(3,28-20)13(16(25)21-4)14(20)18(27)23(15)12(2)11-24/h12-15,24H,5-11H2,1-4H3,(H,21,25)(H,22,26)/t12-,13+,14+,15?,19-,20?/m1/s1. The molecule has 28 heavy (non-hydrogen) atoms. The first-order valence-electron chi connectivity index (χ1n) is 10.4. The zero-order chi connectivity index (χ0) is 20.7. The topological polar surface area (TPSA) is 98.7 Å². The number of carbonyl (C=O) groups is 3. The minimum absolute atomic E-state index is 0.129. The SMILES string of the molecule is CCCCCNC(=O)C1N([C@H](C)CO)C(=O)[C@@H]2[C@@H](C(=O)NC)[C@@]3(C)CCC12S3. The van der Waals surface area contributed by atoms with Crippen LogP contribution in [0.15, 0.2) is 0 Å². The summed E-state index contributed by atoms with van der Waals surface area (Å²) in [5, 5.41) is 15.5. The molecule has 0 aromatic carbocycles. The van der Waals surface area contributed by atoms with Crippen LogP contribution in [0.3, 0.4) is 0 Å². The first kappa shape index (κ1) is 21.4. The molecule has 2 unspecified atom stereocenters. The van der Waals surface area contributed by atoms with Crippen molar-refractivity contribution in [2.45, 2.75) is 74.5 Å². The average molecular weight is 412 g/mol. The van der Waals surface area contributed by atoms with Gasteiger partial charge in [-0.25, -0.2) is 0 Å². The van der Waals surface area contributed by atoms with Gasteiger partial charge in [0.05, 0.1) is 29.2 Å². The van der Waals surface area contributed by atoms with Gasteiger partial charge in [0.15, 0.2) is 0 Å².